The first kappa shape index (κ1) is 12.8. The van der Waals surface area contributed by atoms with Crippen molar-refractivity contribution in [2.45, 2.75) is 6.54 Å². The number of hydrogen-bond donors (Lipinski definition) is 0. The second kappa shape index (κ2) is 5.80. The van der Waals surface area contributed by atoms with Gasteiger partial charge in [-0.1, -0.05) is 30.3 Å². The average Bonchev–Trinajstić information content (AvgIpc) is 3.02. The fraction of sp³-hybridized carbons (Fsp3) is 0.0769. The van der Waals surface area contributed by atoms with E-state index >= 15 is 0 Å². The molecular formula is C13H12ClN3S. The summed E-state index contributed by atoms with van der Waals surface area (Å²) in [6, 6.07) is 10.3. The highest BCUT2D eigenvalue weighted by Crippen LogP contribution is 2.23. The Morgan fingerprint density at radius 1 is 1.17 bits per heavy atom. The summed E-state index contributed by atoms with van der Waals surface area (Å²) >= 11 is 1.68. The van der Waals surface area contributed by atoms with Crippen molar-refractivity contribution in [3.05, 3.63) is 60.1 Å². The highest BCUT2D eigenvalue weighted by molar-refractivity contribution is 7.13. The maximum Gasteiger partial charge on any atom is 0.123 e. The fourth-order valence-electron chi connectivity index (χ4n) is 1.66. The molecule has 5 heteroatoms. The summed E-state index contributed by atoms with van der Waals surface area (Å²) < 4.78 is 2.02. The number of thiazole rings is 1. The lowest BCUT2D eigenvalue weighted by Crippen LogP contribution is -1.96. The van der Waals surface area contributed by atoms with Crippen molar-refractivity contribution in [3.63, 3.8) is 0 Å². The second-order valence-electron chi connectivity index (χ2n) is 3.75. The molecule has 0 bridgehead atoms. The van der Waals surface area contributed by atoms with E-state index in [1.807, 2.05) is 35.3 Å². The van der Waals surface area contributed by atoms with Crippen molar-refractivity contribution in [2.75, 3.05) is 0 Å². The molecule has 3 nitrogen and oxygen atoms in total. The lowest BCUT2D eigenvalue weighted by Gasteiger charge is -1.97. The molecule has 0 saturated heterocycles. The van der Waals surface area contributed by atoms with Crippen molar-refractivity contribution in [3.8, 4) is 10.6 Å². The first-order valence-corrected chi connectivity index (χ1v) is 6.25. The van der Waals surface area contributed by atoms with Crippen molar-refractivity contribution >= 4 is 23.7 Å². The van der Waals surface area contributed by atoms with E-state index in [4.69, 9.17) is 0 Å². The van der Waals surface area contributed by atoms with Gasteiger partial charge in [-0.25, -0.2) is 9.97 Å². The van der Waals surface area contributed by atoms with E-state index in [2.05, 4.69) is 27.5 Å². The van der Waals surface area contributed by atoms with Crippen LogP contribution >= 0.6 is 23.7 Å². The van der Waals surface area contributed by atoms with Crippen molar-refractivity contribution in [2.24, 2.45) is 0 Å². The number of imidazole rings is 1. The van der Waals surface area contributed by atoms with Gasteiger partial charge < -0.3 is 4.57 Å². The summed E-state index contributed by atoms with van der Waals surface area (Å²) in [6.45, 7) is 0.781. The molecule has 0 saturated carbocycles. The van der Waals surface area contributed by atoms with E-state index in [1.54, 1.807) is 17.5 Å². The van der Waals surface area contributed by atoms with Crippen LogP contribution in [0.2, 0.25) is 0 Å². The summed E-state index contributed by atoms with van der Waals surface area (Å²) in [4.78, 5) is 8.65. The minimum Gasteiger partial charge on any atom is -0.331 e. The third kappa shape index (κ3) is 2.78. The summed E-state index contributed by atoms with van der Waals surface area (Å²) in [5.74, 6) is 0. The molecule has 0 aliphatic rings. The van der Waals surface area contributed by atoms with Gasteiger partial charge in [0.15, 0.2) is 0 Å². The van der Waals surface area contributed by atoms with E-state index < -0.39 is 0 Å². The van der Waals surface area contributed by atoms with Gasteiger partial charge in [0, 0.05) is 23.3 Å². The summed E-state index contributed by atoms with van der Waals surface area (Å²) in [5.41, 5.74) is 2.25. The van der Waals surface area contributed by atoms with E-state index in [0.29, 0.717) is 0 Å². The summed E-state index contributed by atoms with van der Waals surface area (Å²) in [7, 11) is 0. The van der Waals surface area contributed by atoms with Gasteiger partial charge in [0.05, 0.1) is 18.6 Å². The van der Waals surface area contributed by atoms with Crippen LogP contribution in [0.3, 0.4) is 0 Å². The van der Waals surface area contributed by atoms with Gasteiger partial charge in [-0.3, -0.25) is 0 Å². The lowest BCUT2D eigenvalue weighted by atomic mass is 10.2. The molecule has 0 amide bonds. The van der Waals surface area contributed by atoms with Gasteiger partial charge in [-0.2, -0.15) is 0 Å². The average molecular weight is 278 g/mol. The molecule has 0 aliphatic carbocycles. The first-order chi connectivity index (χ1) is 8.42. The molecule has 18 heavy (non-hydrogen) atoms. The zero-order valence-electron chi connectivity index (χ0n) is 9.56. The molecular weight excluding hydrogens is 266 g/mol. The third-order valence-electron chi connectivity index (χ3n) is 2.48. The third-order valence-corrected chi connectivity index (χ3v) is 3.42. The number of benzene rings is 1. The molecule has 0 spiro atoms. The Balaban J connectivity index is 0.00000120. The Labute approximate surface area is 116 Å². The molecule has 0 unspecified atom stereocenters. The van der Waals surface area contributed by atoms with Crippen LogP contribution < -0.4 is 0 Å². The van der Waals surface area contributed by atoms with Crippen LogP contribution in [0.25, 0.3) is 10.6 Å². The first-order valence-electron chi connectivity index (χ1n) is 5.37. The van der Waals surface area contributed by atoms with Crippen LogP contribution in [0.5, 0.6) is 0 Å². The molecule has 2 aromatic heterocycles. The summed E-state index contributed by atoms with van der Waals surface area (Å²) in [6.07, 6.45) is 5.54. The van der Waals surface area contributed by atoms with Crippen LogP contribution in [0.15, 0.2) is 54.4 Å². The van der Waals surface area contributed by atoms with Crippen LogP contribution in [0.4, 0.5) is 0 Å². The monoisotopic (exact) mass is 277 g/mol. The smallest absolute Gasteiger partial charge is 0.123 e. The van der Waals surface area contributed by atoms with E-state index in [1.165, 1.54) is 5.56 Å². The standard InChI is InChI=1S/C13H11N3S.ClH/c1-2-4-11(5-3-1)13-15-12(9-17-13)8-16-7-6-14-10-16;/h1-7,9-10H,8H2;1H. The molecule has 3 aromatic rings. The molecule has 0 atom stereocenters. The molecule has 0 N–H and O–H groups in total. The SMILES string of the molecule is Cl.c1ccc(-c2nc(Cn3ccnc3)cs2)cc1. The molecule has 92 valence electrons. The van der Waals surface area contributed by atoms with Gasteiger partial charge in [0.25, 0.3) is 0 Å². The molecule has 0 aliphatic heterocycles. The maximum atomic E-state index is 4.63. The zero-order valence-corrected chi connectivity index (χ0v) is 11.2. The Bertz CT molecular complexity index is 590. The minimum absolute atomic E-state index is 0. The molecule has 2 heterocycles. The van der Waals surface area contributed by atoms with Crippen LogP contribution in [-0.2, 0) is 6.54 Å². The zero-order chi connectivity index (χ0) is 11.5. The highest BCUT2D eigenvalue weighted by Gasteiger charge is 2.04. The molecule has 0 radical (unpaired) electrons. The number of aromatic nitrogens is 3. The fourth-order valence-corrected chi connectivity index (χ4v) is 2.48. The maximum absolute atomic E-state index is 4.63. The molecule has 1 aromatic carbocycles. The van der Waals surface area contributed by atoms with Crippen LogP contribution in [-0.4, -0.2) is 14.5 Å². The van der Waals surface area contributed by atoms with E-state index in [0.717, 1.165) is 17.2 Å². The van der Waals surface area contributed by atoms with Gasteiger partial charge in [-0.05, 0) is 0 Å². The second-order valence-corrected chi connectivity index (χ2v) is 4.60. The Morgan fingerprint density at radius 2 is 2.00 bits per heavy atom. The molecule has 3 rings (SSSR count). The topological polar surface area (TPSA) is 30.7 Å². The van der Waals surface area contributed by atoms with Gasteiger partial charge in [0.1, 0.15) is 5.01 Å². The van der Waals surface area contributed by atoms with Gasteiger partial charge in [-0.15, -0.1) is 23.7 Å². The van der Waals surface area contributed by atoms with Gasteiger partial charge >= 0.3 is 0 Å². The largest absolute Gasteiger partial charge is 0.331 e. The quantitative estimate of drug-likeness (QED) is 0.734. The molecule has 0 fully saturated rings. The van der Waals surface area contributed by atoms with Crippen molar-refractivity contribution < 1.29 is 0 Å². The number of hydrogen-bond acceptors (Lipinski definition) is 3. The Morgan fingerprint density at radius 3 is 2.72 bits per heavy atom. The van der Waals surface area contributed by atoms with E-state index in [9.17, 15) is 0 Å². The van der Waals surface area contributed by atoms with Crippen LogP contribution in [0.1, 0.15) is 5.69 Å². The highest BCUT2D eigenvalue weighted by atomic mass is 35.5. The Hall–Kier alpha value is -1.65. The minimum atomic E-state index is 0. The number of halogens is 1. The predicted octanol–water partition coefficient (Wildman–Crippen LogP) is 3.48. The Kier molecular flexibility index (Phi) is 4.12. The number of nitrogens with zero attached hydrogens (tertiary/aromatic N) is 3. The predicted molar refractivity (Wildman–Crippen MR) is 76.1 cm³/mol. The van der Waals surface area contributed by atoms with Crippen molar-refractivity contribution in [1.29, 1.82) is 0 Å². The number of rotatable bonds is 3. The van der Waals surface area contributed by atoms with Crippen molar-refractivity contribution in [1.82, 2.24) is 14.5 Å². The lowest BCUT2D eigenvalue weighted by molar-refractivity contribution is 0.779. The van der Waals surface area contributed by atoms with Crippen LogP contribution in [0, 0.1) is 0 Å². The van der Waals surface area contributed by atoms with Gasteiger partial charge in [0.2, 0.25) is 0 Å². The normalized spacial score (nSPS) is 10.0. The summed E-state index contributed by atoms with van der Waals surface area (Å²) in [5, 5.41) is 3.17. The van der Waals surface area contributed by atoms with E-state index in [-0.39, 0.29) is 12.4 Å².